The number of pyridine rings is 1. The lowest BCUT2D eigenvalue weighted by Gasteiger charge is -2.07. The lowest BCUT2D eigenvalue weighted by molar-refractivity contribution is 0.251. The summed E-state index contributed by atoms with van der Waals surface area (Å²) in [6.45, 7) is 2.40. The van der Waals surface area contributed by atoms with E-state index in [4.69, 9.17) is 0 Å². The molecule has 0 fully saturated rings. The molecular formula is C14H15N3O. The molecule has 1 heterocycles. The van der Waals surface area contributed by atoms with E-state index in [1.165, 1.54) is 0 Å². The van der Waals surface area contributed by atoms with Crippen molar-refractivity contribution in [3.63, 3.8) is 0 Å². The van der Waals surface area contributed by atoms with E-state index in [0.29, 0.717) is 6.54 Å². The van der Waals surface area contributed by atoms with E-state index in [2.05, 4.69) is 15.6 Å². The van der Waals surface area contributed by atoms with Crippen LogP contribution in [-0.4, -0.2) is 11.0 Å². The Labute approximate surface area is 106 Å². The summed E-state index contributed by atoms with van der Waals surface area (Å²) in [6, 6.07) is 13.0. The van der Waals surface area contributed by atoms with Gasteiger partial charge in [-0.05, 0) is 36.8 Å². The first kappa shape index (κ1) is 12.1. The van der Waals surface area contributed by atoms with Crippen LogP contribution in [0.1, 0.15) is 11.3 Å². The lowest BCUT2D eigenvalue weighted by atomic mass is 10.2. The number of carbonyl (C=O) groups excluding carboxylic acids is 1. The van der Waals surface area contributed by atoms with E-state index >= 15 is 0 Å². The molecule has 0 radical (unpaired) electrons. The third kappa shape index (κ3) is 3.59. The molecule has 1 aromatic carbocycles. The summed E-state index contributed by atoms with van der Waals surface area (Å²) in [5, 5.41) is 5.53. The third-order valence-corrected chi connectivity index (χ3v) is 2.43. The second kappa shape index (κ2) is 5.82. The van der Waals surface area contributed by atoms with Crippen LogP contribution in [-0.2, 0) is 6.54 Å². The first-order valence-corrected chi connectivity index (χ1v) is 5.75. The molecule has 1 aromatic heterocycles. The second-order valence-corrected chi connectivity index (χ2v) is 4.00. The summed E-state index contributed by atoms with van der Waals surface area (Å²) in [5.74, 6) is 0. The zero-order valence-corrected chi connectivity index (χ0v) is 10.2. The molecule has 2 N–H and O–H groups in total. The van der Waals surface area contributed by atoms with Crippen molar-refractivity contribution in [1.29, 1.82) is 0 Å². The van der Waals surface area contributed by atoms with Gasteiger partial charge >= 0.3 is 6.03 Å². The quantitative estimate of drug-likeness (QED) is 0.868. The predicted molar refractivity (Wildman–Crippen MR) is 71.3 cm³/mol. The third-order valence-electron chi connectivity index (χ3n) is 2.43. The van der Waals surface area contributed by atoms with Gasteiger partial charge in [0.25, 0.3) is 0 Å². The van der Waals surface area contributed by atoms with Crippen LogP contribution in [0.15, 0.2) is 48.7 Å². The number of rotatable bonds is 3. The van der Waals surface area contributed by atoms with Gasteiger partial charge in [-0.3, -0.25) is 4.98 Å². The van der Waals surface area contributed by atoms with Gasteiger partial charge in [0.1, 0.15) is 0 Å². The van der Waals surface area contributed by atoms with Crippen LogP contribution in [0.5, 0.6) is 0 Å². The number of aryl methyl sites for hydroxylation is 1. The van der Waals surface area contributed by atoms with Crippen molar-refractivity contribution in [3.05, 3.63) is 59.9 Å². The molecule has 2 rings (SSSR count). The average molecular weight is 241 g/mol. The summed E-state index contributed by atoms with van der Waals surface area (Å²) in [4.78, 5) is 15.8. The molecule has 0 saturated carbocycles. The fraction of sp³-hybridized carbons (Fsp3) is 0.143. The number of aromatic nitrogens is 1. The molecule has 4 heteroatoms. The highest BCUT2D eigenvalue weighted by molar-refractivity contribution is 5.89. The normalized spacial score (nSPS) is 9.83. The minimum atomic E-state index is -0.230. The maximum Gasteiger partial charge on any atom is 0.319 e. The Morgan fingerprint density at radius 3 is 2.83 bits per heavy atom. The van der Waals surface area contributed by atoms with E-state index < -0.39 is 0 Å². The van der Waals surface area contributed by atoms with Crippen molar-refractivity contribution in [2.75, 3.05) is 5.32 Å². The highest BCUT2D eigenvalue weighted by Crippen LogP contribution is 2.08. The minimum Gasteiger partial charge on any atom is -0.332 e. The van der Waals surface area contributed by atoms with E-state index in [-0.39, 0.29) is 6.03 Å². The highest BCUT2D eigenvalue weighted by Gasteiger charge is 2.01. The molecule has 4 nitrogen and oxygen atoms in total. The van der Waals surface area contributed by atoms with Crippen molar-refractivity contribution >= 4 is 11.7 Å². The van der Waals surface area contributed by atoms with Gasteiger partial charge in [-0.15, -0.1) is 0 Å². The molecule has 0 spiro atoms. The number of amides is 2. The van der Waals surface area contributed by atoms with Crippen LogP contribution >= 0.6 is 0 Å². The van der Waals surface area contributed by atoms with Gasteiger partial charge < -0.3 is 10.6 Å². The molecule has 2 amide bonds. The number of benzene rings is 1. The average Bonchev–Trinajstić information content (AvgIpc) is 2.38. The molecule has 0 saturated heterocycles. The van der Waals surface area contributed by atoms with Crippen LogP contribution in [0.4, 0.5) is 10.5 Å². The maximum absolute atomic E-state index is 11.6. The number of anilines is 1. The number of nitrogens with one attached hydrogen (secondary N) is 2. The molecule has 0 aliphatic rings. The largest absolute Gasteiger partial charge is 0.332 e. The van der Waals surface area contributed by atoms with Crippen LogP contribution < -0.4 is 10.6 Å². The Bertz CT molecular complexity index is 526. The Morgan fingerprint density at radius 1 is 1.22 bits per heavy atom. The SMILES string of the molecule is Cc1cccc(NC(=O)NCc2ccccn2)c1. The number of nitrogens with zero attached hydrogens (tertiary/aromatic N) is 1. The Balaban J connectivity index is 1.86. The molecule has 0 aliphatic carbocycles. The molecule has 2 aromatic rings. The summed E-state index contributed by atoms with van der Waals surface area (Å²) >= 11 is 0. The number of carbonyl (C=O) groups is 1. The van der Waals surface area contributed by atoms with Gasteiger partial charge in [-0.1, -0.05) is 18.2 Å². The van der Waals surface area contributed by atoms with Crippen LogP contribution in [0.2, 0.25) is 0 Å². The van der Waals surface area contributed by atoms with Crippen LogP contribution in [0.25, 0.3) is 0 Å². The summed E-state index contributed by atoms with van der Waals surface area (Å²) in [6.07, 6.45) is 1.70. The lowest BCUT2D eigenvalue weighted by Crippen LogP contribution is -2.28. The van der Waals surface area contributed by atoms with E-state index in [1.807, 2.05) is 49.4 Å². The van der Waals surface area contributed by atoms with E-state index in [0.717, 1.165) is 16.9 Å². The minimum absolute atomic E-state index is 0.230. The first-order valence-electron chi connectivity index (χ1n) is 5.75. The smallest absolute Gasteiger partial charge is 0.319 e. The first-order chi connectivity index (χ1) is 8.74. The number of hydrogen-bond acceptors (Lipinski definition) is 2. The van der Waals surface area contributed by atoms with Crippen molar-refractivity contribution in [2.24, 2.45) is 0 Å². The number of hydrogen-bond donors (Lipinski definition) is 2. The van der Waals surface area contributed by atoms with Gasteiger partial charge in [0, 0.05) is 11.9 Å². The van der Waals surface area contributed by atoms with Crippen molar-refractivity contribution in [1.82, 2.24) is 10.3 Å². The summed E-state index contributed by atoms with van der Waals surface area (Å²) < 4.78 is 0. The Kier molecular flexibility index (Phi) is 3.91. The van der Waals surface area contributed by atoms with Gasteiger partial charge in [0.15, 0.2) is 0 Å². The Morgan fingerprint density at radius 2 is 2.11 bits per heavy atom. The predicted octanol–water partition coefficient (Wildman–Crippen LogP) is 2.71. The van der Waals surface area contributed by atoms with Crippen LogP contribution in [0, 0.1) is 6.92 Å². The zero-order valence-electron chi connectivity index (χ0n) is 10.2. The molecule has 0 aliphatic heterocycles. The molecule has 18 heavy (non-hydrogen) atoms. The highest BCUT2D eigenvalue weighted by atomic mass is 16.2. The van der Waals surface area contributed by atoms with E-state index in [1.54, 1.807) is 6.20 Å². The van der Waals surface area contributed by atoms with Crippen molar-refractivity contribution < 1.29 is 4.79 Å². The van der Waals surface area contributed by atoms with Gasteiger partial charge in [-0.25, -0.2) is 4.79 Å². The molecular weight excluding hydrogens is 226 g/mol. The fourth-order valence-corrected chi connectivity index (χ4v) is 1.57. The van der Waals surface area contributed by atoms with Gasteiger partial charge in [-0.2, -0.15) is 0 Å². The summed E-state index contributed by atoms with van der Waals surface area (Å²) in [7, 11) is 0. The Hall–Kier alpha value is -2.36. The van der Waals surface area contributed by atoms with E-state index in [9.17, 15) is 4.79 Å². The maximum atomic E-state index is 11.6. The second-order valence-electron chi connectivity index (χ2n) is 4.00. The molecule has 0 bridgehead atoms. The van der Waals surface area contributed by atoms with Gasteiger partial charge in [0.2, 0.25) is 0 Å². The van der Waals surface area contributed by atoms with Gasteiger partial charge in [0.05, 0.1) is 12.2 Å². The van der Waals surface area contributed by atoms with Crippen molar-refractivity contribution in [2.45, 2.75) is 13.5 Å². The van der Waals surface area contributed by atoms with Crippen LogP contribution in [0.3, 0.4) is 0 Å². The fourth-order valence-electron chi connectivity index (χ4n) is 1.57. The number of urea groups is 1. The topological polar surface area (TPSA) is 54.0 Å². The zero-order chi connectivity index (χ0) is 12.8. The molecule has 0 unspecified atom stereocenters. The monoisotopic (exact) mass is 241 g/mol. The molecule has 0 atom stereocenters. The summed E-state index contributed by atoms with van der Waals surface area (Å²) in [5.41, 5.74) is 2.72. The van der Waals surface area contributed by atoms with Crippen molar-refractivity contribution in [3.8, 4) is 0 Å². The molecule has 92 valence electrons. The standard InChI is InChI=1S/C14H15N3O/c1-11-5-4-7-12(9-11)17-14(18)16-10-13-6-2-3-8-15-13/h2-9H,10H2,1H3,(H2,16,17,18).